The molecule has 0 spiro atoms. The summed E-state index contributed by atoms with van der Waals surface area (Å²) in [4.78, 5) is 24.6. The molecule has 1 heterocycles. The smallest absolute Gasteiger partial charge is 0.286 e. The van der Waals surface area contributed by atoms with Crippen LogP contribution in [0.3, 0.4) is 0 Å². The van der Waals surface area contributed by atoms with E-state index in [2.05, 4.69) is 24.1 Å². The zero-order chi connectivity index (χ0) is 12.6. The SMILES string of the molecule is CN1CCN(C(=O)C=O)CC1.CNC(C)C. The average Bonchev–Trinajstić information content (AvgIpc) is 2.29. The summed E-state index contributed by atoms with van der Waals surface area (Å²) in [5, 5.41) is 3.03. The van der Waals surface area contributed by atoms with Crippen molar-refractivity contribution in [2.75, 3.05) is 40.3 Å². The van der Waals surface area contributed by atoms with Crippen LogP contribution in [0, 0.1) is 0 Å². The lowest BCUT2D eigenvalue weighted by molar-refractivity contribution is -0.139. The molecule has 94 valence electrons. The number of carbonyl (C=O) groups excluding carboxylic acids is 2. The van der Waals surface area contributed by atoms with Crippen LogP contribution in [0.1, 0.15) is 13.8 Å². The van der Waals surface area contributed by atoms with Crippen LogP contribution >= 0.6 is 0 Å². The number of likely N-dealkylation sites (N-methyl/N-ethyl adjacent to an activating group) is 1. The normalized spacial score (nSPS) is 16.7. The molecule has 0 unspecified atom stereocenters. The number of hydrogen-bond acceptors (Lipinski definition) is 4. The summed E-state index contributed by atoms with van der Waals surface area (Å²) in [6.45, 7) is 7.29. The second-order valence-electron chi connectivity index (χ2n) is 4.19. The number of nitrogens with one attached hydrogen (secondary N) is 1. The third-order valence-corrected chi connectivity index (χ3v) is 2.49. The quantitative estimate of drug-likeness (QED) is 0.516. The molecule has 0 radical (unpaired) electrons. The van der Waals surface area contributed by atoms with Crippen LogP contribution in [0.25, 0.3) is 0 Å². The summed E-state index contributed by atoms with van der Waals surface area (Å²) in [6.07, 6.45) is 0.380. The Kier molecular flexibility index (Phi) is 7.76. The first-order chi connectivity index (χ1) is 7.51. The number of carbonyl (C=O) groups is 2. The first-order valence-corrected chi connectivity index (χ1v) is 5.61. The molecule has 0 aromatic carbocycles. The molecule has 0 saturated carbocycles. The average molecular weight is 229 g/mol. The summed E-state index contributed by atoms with van der Waals surface area (Å²) >= 11 is 0. The van der Waals surface area contributed by atoms with Gasteiger partial charge in [0.2, 0.25) is 6.29 Å². The molecule has 1 amide bonds. The van der Waals surface area contributed by atoms with Gasteiger partial charge in [0.15, 0.2) is 0 Å². The first kappa shape index (κ1) is 15.1. The highest BCUT2D eigenvalue weighted by molar-refractivity contribution is 6.23. The van der Waals surface area contributed by atoms with Crippen molar-refractivity contribution >= 4 is 12.2 Å². The zero-order valence-corrected chi connectivity index (χ0v) is 10.7. The number of piperazine rings is 1. The van der Waals surface area contributed by atoms with Crippen molar-refractivity contribution < 1.29 is 9.59 Å². The molecule has 0 aromatic rings. The van der Waals surface area contributed by atoms with E-state index >= 15 is 0 Å². The molecule has 1 aliphatic heterocycles. The summed E-state index contributed by atoms with van der Waals surface area (Å²) in [5.74, 6) is -0.391. The second-order valence-corrected chi connectivity index (χ2v) is 4.19. The molecule has 16 heavy (non-hydrogen) atoms. The van der Waals surface area contributed by atoms with E-state index in [4.69, 9.17) is 0 Å². The first-order valence-electron chi connectivity index (χ1n) is 5.61. The third kappa shape index (κ3) is 6.53. The van der Waals surface area contributed by atoms with E-state index in [0.29, 0.717) is 25.4 Å². The van der Waals surface area contributed by atoms with Crippen LogP contribution in [0.2, 0.25) is 0 Å². The molecule has 0 atom stereocenters. The Morgan fingerprint density at radius 2 is 1.69 bits per heavy atom. The maximum atomic E-state index is 10.8. The minimum atomic E-state index is -0.391. The van der Waals surface area contributed by atoms with E-state index < -0.39 is 5.91 Å². The van der Waals surface area contributed by atoms with Crippen molar-refractivity contribution in [1.82, 2.24) is 15.1 Å². The van der Waals surface area contributed by atoms with Gasteiger partial charge in [-0.05, 0) is 14.1 Å². The summed E-state index contributed by atoms with van der Waals surface area (Å²) in [6, 6.07) is 0.634. The standard InChI is InChI=1S/C7H12N2O2.C4H11N/c1-8-2-4-9(5-3-8)7(11)6-10;1-4(2)5-3/h6H,2-5H2,1H3;4-5H,1-3H3. The van der Waals surface area contributed by atoms with Gasteiger partial charge in [0.05, 0.1) is 0 Å². The third-order valence-electron chi connectivity index (χ3n) is 2.49. The molecular formula is C11H23N3O2. The van der Waals surface area contributed by atoms with Crippen LogP contribution in [-0.2, 0) is 9.59 Å². The van der Waals surface area contributed by atoms with Crippen molar-refractivity contribution in [3.63, 3.8) is 0 Å². The van der Waals surface area contributed by atoms with Gasteiger partial charge >= 0.3 is 0 Å². The van der Waals surface area contributed by atoms with E-state index in [1.807, 2.05) is 14.1 Å². The molecule has 0 aliphatic carbocycles. The monoisotopic (exact) mass is 229 g/mol. The maximum absolute atomic E-state index is 10.8. The number of hydrogen-bond donors (Lipinski definition) is 1. The lowest BCUT2D eigenvalue weighted by Crippen LogP contribution is -2.47. The molecule has 0 bridgehead atoms. The molecule has 0 aromatic heterocycles. The van der Waals surface area contributed by atoms with Crippen molar-refractivity contribution in [2.45, 2.75) is 19.9 Å². The van der Waals surface area contributed by atoms with Gasteiger partial charge in [-0.1, -0.05) is 13.8 Å². The van der Waals surface area contributed by atoms with E-state index in [0.717, 1.165) is 13.1 Å². The van der Waals surface area contributed by atoms with E-state index in [1.165, 1.54) is 0 Å². The van der Waals surface area contributed by atoms with Crippen LogP contribution < -0.4 is 5.32 Å². The van der Waals surface area contributed by atoms with Crippen molar-refractivity contribution in [3.8, 4) is 0 Å². The van der Waals surface area contributed by atoms with E-state index in [9.17, 15) is 9.59 Å². The van der Waals surface area contributed by atoms with Crippen molar-refractivity contribution in [1.29, 1.82) is 0 Å². The van der Waals surface area contributed by atoms with Gasteiger partial charge < -0.3 is 15.1 Å². The topological polar surface area (TPSA) is 52.7 Å². The number of aldehydes is 1. The molecular weight excluding hydrogens is 206 g/mol. The minimum absolute atomic E-state index is 0.380. The lowest BCUT2D eigenvalue weighted by atomic mass is 10.3. The highest BCUT2D eigenvalue weighted by Gasteiger charge is 2.17. The molecule has 5 heteroatoms. The molecule has 1 N–H and O–H groups in total. The zero-order valence-electron chi connectivity index (χ0n) is 10.7. The van der Waals surface area contributed by atoms with Crippen molar-refractivity contribution in [3.05, 3.63) is 0 Å². The van der Waals surface area contributed by atoms with Gasteiger partial charge in [-0.3, -0.25) is 9.59 Å². The minimum Gasteiger partial charge on any atom is -0.334 e. The highest BCUT2D eigenvalue weighted by Crippen LogP contribution is 1.97. The summed E-state index contributed by atoms with van der Waals surface area (Å²) in [7, 11) is 3.95. The summed E-state index contributed by atoms with van der Waals surface area (Å²) < 4.78 is 0. The number of amides is 1. The lowest BCUT2D eigenvalue weighted by Gasteiger charge is -2.30. The maximum Gasteiger partial charge on any atom is 0.286 e. The Morgan fingerprint density at radius 1 is 1.25 bits per heavy atom. The largest absolute Gasteiger partial charge is 0.334 e. The van der Waals surface area contributed by atoms with E-state index in [-0.39, 0.29) is 0 Å². The predicted octanol–water partition coefficient (Wildman–Crippen LogP) is -0.426. The Labute approximate surface area is 97.8 Å². The molecule has 1 aliphatic rings. The fourth-order valence-corrected chi connectivity index (χ4v) is 1.10. The van der Waals surface area contributed by atoms with Gasteiger partial charge in [0.25, 0.3) is 5.91 Å². The fourth-order valence-electron chi connectivity index (χ4n) is 1.10. The highest BCUT2D eigenvalue weighted by atomic mass is 16.2. The molecule has 1 fully saturated rings. The van der Waals surface area contributed by atoms with Gasteiger partial charge in [-0.15, -0.1) is 0 Å². The molecule has 5 nitrogen and oxygen atoms in total. The molecule has 1 rings (SSSR count). The second kappa shape index (κ2) is 8.24. The Hall–Kier alpha value is -0.940. The van der Waals surface area contributed by atoms with Crippen molar-refractivity contribution in [2.24, 2.45) is 0 Å². The summed E-state index contributed by atoms with van der Waals surface area (Å²) in [5.41, 5.74) is 0. The van der Waals surface area contributed by atoms with Crippen LogP contribution in [0.15, 0.2) is 0 Å². The fraction of sp³-hybridized carbons (Fsp3) is 0.818. The Morgan fingerprint density at radius 3 is 2.00 bits per heavy atom. The van der Waals surface area contributed by atoms with E-state index in [1.54, 1.807) is 4.90 Å². The number of nitrogens with zero attached hydrogens (tertiary/aromatic N) is 2. The van der Waals surface area contributed by atoms with Gasteiger partial charge in [-0.2, -0.15) is 0 Å². The van der Waals surface area contributed by atoms with Gasteiger partial charge in [0, 0.05) is 32.2 Å². The van der Waals surface area contributed by atoms with Gasteiger partial charge in [-0.25, -0.2) is 0 Å². The predicted molar refractivity (Wildman–Crippen MR) is 64.3 cm³/mol. The Bertz CT molecular complexity index is 211. The Balaban J connectivity index is 0.000000385. The van der Waals surface area contributed by atoms with Crippen LogP contribution in [-0.4, -0.2) is 68.3 Å². The van der Waals surface area contributed by atoms with Crippen LogP contribution in [0.5, 0.6) is 0 Å². The molecule has 1 saturated heterocycles. The van der Waals surface area contributed by atoms with Crippen LogP contribution in [0.4, 0.5) is 0 Å². The van der Waals surface area contributed by atoms with Gasteiger partial charge in [0.1, 0.15) is 0 Å². The number of rotatable bonds is 2.